The van der Waals surface area contributed by atoms with E-state index in [1.54, 1.807) is 0 Å². The molecular weight excluding hydrogens is 324 g/mol. The molecule has 0 aromatic rings. The molecule has 4 saturated carbocycles. The van der Waals surface area contributed by atoms with Gasteiger partial charge in [-0.2, -0.15) is 0 Å². The molecule has 148 valence electrons. The summed E-state index contributed by atoms with van der Waals surface area (Å²) in [6.45, 7) is 9.17. The van der Waals surface area contributed by atoms with E-state index in [1.165, 1.54) is 0 Å². The molecular formula is C23H38O3. The second-order valence-electron chi connectivity index (χ2n) is 10.6. The molecule has 0 aromatic heterocycles. The van der Waals surface area contributed by atoms with Crippen LogP contribution in [0, 0.1) is 40.4 Å². The zero-order valence-electron chi connectivity index (χ0n) is 17.1. The summed E-state index contributed by atoms with van der Waals surface area (Å²) in [6, 6.07) is 0. The van der Waals surface area contributed by atoms with Gasteiger partial charge in [0.25, 0.3) is 0 Å². The first-order chi connectivity index (χ1) is 12.2. The summed E-state index contributed by atoms with van der Waals surface area (Å²) < 4.78 is 0. The summed E-state index contributed by atoms with van der Waals surface area (Å²) in [7, 11) is 0. The average molecular weight is 363 g/mol. The normalized spacial score (nSPS) is 56.6. The topological polar surface area (TPSA) is 57.5 Å². The highest BCUT2D eigenvalue weighted by Crippen LogP contribution is 2.69. The highest BCUT2D eigenvalue weighted by atomic mass is 16.3. The molecule has 4 unspecified atom stereocenters. The molecule has 0 aromatic carbocycles. The largest absolute Gasteiger partial charge is 0.392 e. The van der Waals surface area contributed by atoms with Crippen LogP contribution in [-0.4, -0.2) is 27.7 Å². The lowest BCUT2D eigenvalue weighted by Crippen LogP contribution is -2.62. The second kappa shape index (κ2) is 6.04. The minimum absolute atomic E-state index is 0.0405. The van der Waals surface area contributed by atoms with Crippen molar-refractivity contribution in [1.29, 1.82) is 0 Å². The van der Waals surface area contributed by atoms with E-state index in [2.05, 4.69) is 27.7 Å². The molecule has 0 heterocycles. The van der Waals surface area contributed by atoms with Crippen LogP contribution in [0.4, 0.5) is 0 Å². The van der Waals surface area contributed by atoms with E-state index < -0.39 is 5.60 Å². The lowest BCUT2D eigenvalue weighted by Gasteiger charge is -2.63. The van der Waals surface area contributed by atoms with Gasteiger partial charge in [-0.05, 0) is 67.1 Å². The molecule has 4 aliphatic rings. The maximum absolute atomic E-state index is 12.1. The van der Waals surface area contributed by atoms with Crippen molar-refractivity contribution in [2.24, 2.45) is 40.4 Å². The smallest absolute Gasteiger partial charge is 0.135 e. The highest BCUT2D eigenvalue weighted by Gasteiger charge is 2.67. The molecule has 0 bridgehead atoms. The lowest BCUT2D eigenvalue weighted by molar-refractivity contribution is -0.208. The van der Waals surface area contributed by atoms with Crippen molar-refractivity contribution in [3.63, 3.8) is 0 Å². The van der Waals surface area contributed by atoms with Crippen molar-refractivity contribution in [3.8, 4) is 0 Å². The molecule has 4 fully saturated rings. The zero-order chi connectivity index (χ0) is 18.9. The molecule has 3 nitrogen and oxygen atoms in total. The SMILES string of the molecule is CCC1C(CC)[C@H]2[C@@H]3CCC4(O)CC(=O)CC[C@]4(C)[C@@H]3CC[C@]2(C)C1O. The number of carbonyl (C=O) groups excluding carboxylic acids is 1. The maximum Gasteiger partial charge on any atom is 0.135 e. The molecule has 26 heavy (non-hydrogen) atoms. The first-order valence-electron chi connectivity index (χ1n) is 11.1. The van der Waals surface area contributed by atoms with E-state index in [9.17, 15) is 15.0 Å². The number of ketones is 1. The summed E-state index contributed by atoms with van der Waals surface area (Å²) in [5, 5.41) is 22.7. The molecule has 0 amide bonds. The number of hydrogen-bond acceptors (Lipinski definition) is 3. The molecule has 0 saturated heterocycles. The third kappa shape index (κ3) is 2.22. The predicted molar refractivity (Wildman–Crippen MR) is 103 cm³/mol. The quantitative estimate of drug-likeness (QED) is 0.768. The molecule has 4 rings (SSSR count). The summed E-state index contributed by atoms with van der Waals surface area (Å²) >= 11 is 0. The Hall–Kier alpha value is -0.410. The fourth-order valence-electron chi connectivity index (χ4n) is 8.54. The van der Waals surface area contributed by atoms with Crippen molar-refractivity contribution in [2.45, 2.75) is 97.2 Å². The van der Waals surface area contributed by atoms with Crippen molar-refractivity contribution >= 4 is 5.78 Å². The van der Waals surface area contributed by atoms with Crippen LogP contribution in [0.15, 0.2) is 0 Å². The summed E-state index contributed by atoms with van der Waals surface area (Å²) in [5.74, 6) is 2.96. The standard InChI is InChI=1S/C23H38O3/c1-5-15-16(6-2)20(25)21(3)10-9-18-17(19(15)21)8-12-23(26)13-14(24)7-11-22(18,23)4/h15-20,25-26H,5-13H2,1-4H3/t15?,16?,17-,18-,19+,20?,21+,22-,23?/m1/s1. The van der Waals surface area contributed by atoms with Gasteiger partial charge in [0.2, 0.25) is 0 Å². The van der Waals surface area contributed by atoms with E-state index in [0.717, 1.165) is 44.9 Å². The Kier molecular flexibility index (Phi) is 4.40. The van der Waals surface area contributed by atoms with Crippen LogP contribution in [0.1, 0.15) is 85.5 Å². The Bertz CT molecular complexity index is 588. The van der Waals surface area contributed by atoms with E-state index in [0.29, 0.717) is 42.4 Å². The summed E-state index contributed by atoms with van der Waals surface area (Å²) in [5.41, 5.74) is -0.877. The fourth-order valence-corrected chi connectivity index (χ4v) is 8.54. The van der Waals surface area contributed by atoms with Crippen LogP contribution >= 0.6 is 0 Å². The minimum atomic E-state index is -0.791. The van der Waals surface area contributed by atoms with Gasteiger partial charge in [0.15, 0.2) is 0 Å². The number of aliphatic hydroxyl groups is 2. The third-order valence-electron chi connectivity index (χ3n) is 9.95. The van der Waals surface area contributed by atoms with E-state index in [-0.39, 0.29) is 22.7 Å². The summed E-state index contributed by atoms with van der Waals surface area (Å²) in [6.07, 6.45) is 7.89. The van der Waals surface area contributed by atoms with E-state index >= 15 is 0 Å². The fraction of sp³-hybridized carbons (Fsp3) is 0.957. The Labute approximate surface area is 158 Å². The van der Waals surface area contributed by atoms with Gasteiger partial charge in [0.05, 0.1) is 11.7 Å². The van der Waals surface area contributed by atoms with Gasteiger partial charge in [-0.15, -0.1) is 0 Å². The predicted octanol–water partition coefficient (Wildman–Crippen LogP) is 4.35. The van der Waals surface area contributed by atoms with Crippen molar-refractivity contribution in [2.75, 3.05) is 0 Å². The first-order valence-corrected chi connectivity index (χ1v) is 11.1. The Morgan fingerprint density at radius 2 is 1.73 bits per heavy atom. The number of fused-ring (bicyclic) bond motifs is 5. The molecule has 0 spiro atoms. The Morgan fingerprint density at radius 1 is 1.04 bits per heavy atom. The second-order valence-corrected chi connectivity index (χ2v) is 10.6. The Morgan fingerprint density at radius 3 is 2.38 bits per heavy atom. The Balaban J connectivity index is 1.72. The maximum atomic E-state index is 12.1. The van der Waals surface area contributed by atoms with Gasteiger partial charge in [-0.25, -0.2) is 0 Å². The van der Waals surface area contributed by atoms with E-state index in [4.69, 9.17) is 0 Å². The van der Waals surface area contributed by atoms with Crippen molar-refractivity contribution in [3.05, 3.63) is 0 Å². The van der Waals surface area contributed by atoms with E-state index in [1.807, 2.05) is 0 Å². The monoisotopic (exact) mass is 362 g/mol. The highest BCUT2D eigenvalue weighted by molar-refractivity contribution is 5.80. The number of Topliss-reactive ketones (excluding diaryl/α,β-unsaturated/α-hetero) is 1. The van der Waals surface area contributed by atoms with Crippen LogP contribution in [0.5, 0.6) is 0 Å². The van der Waals surface area contributed by atoms with Crippen LogP contribution in [0.2, 0.25) is 0 Å². The van der Waals surface area contributed by atoms with Crippen molar-refractivity contribution < 1.29 is 15.0 Å². The molecule has 3 heteroatoms. The molecule has 2 N–H and O–H groups in total. The van der Waals surface area contributed by atoms with Crippen LogP contribution in [0.3, 0.4) is 0 Å². The van der Waals surface area contributed by atoms with Gasteiger partial charge < -0.3 is 10.2 Å². The van der Waals surface area contributed by atoms with Crippen LogP contribution in [0.25, 0.3) is 0 Å². The average Bonchev–Trinajstić information content (AvgIpc) is 2.83. The molecule has 9 atom stereocenters. The first kappa shape index (κ1) is 18.9. The van der Waals surface area contributed by atoms with Gasteiger partial charge >= 0.3 is 0 Å². The number of hydrogen-bond donors (Lipinski definition) is 2. The molecule has 0 aliphatic heterocycles. The zero-order valence-corrected chi connectivity index (χ0v) is 17.1. The van der Waals surface area contributed by atoms with Gasteiger partial charge in [-0.3, -0.25) is 4.79 Å². The molecule has 4 aliphatic carbocycles. The lowest BCUT2D eigenvalue weighted by atomic mass is 9.43. The summed E-state index contributed by atoms with van der Waals surface area (Å²) in [4.78, 5) is 12.1. The minimum Gasteiger partial charge on any atom is -0.392 e. The molecule has 0 radical (unpaired) electrons. The van der Waals surface area contributed by atoms with Crippen molar-refractivity contribution in [1.82, 2.24) is 0 Å². The number of carbonyl (C=O) groups is 1. The van der Waals surface area contributed by atoms with Gasteiger partial charge in [-0.1, -0.05) is 40.5 Å². The number of aliphatic hydroxyl groups excluding tert-OH is 1. The van der Waals surface area contributed by atoms with Gasteiger partial charge in [0.1, 0.15) is 5.78 Å². The van der Waals surface area contributed by atoms with Crippen LogP contribution in [-0.2, 0) is 4.79 Å². The third-order valence-corrected chi connectivity index (χ3v) is 9.95. The number of rotatable bonds is 2. The van der Waals surface area contributed by atoms with Crippen LogP contribution < -0.4 is 0 Å². The van der Waals surface area contributed by atoms with Gasteiger partial charge in [0, 0.05) is 18.3 Å².